The van der Waals surface area contributed by atoms with Gasteiger partial charge in [-0.2, -0.15) is 0 Å². The van der Waals surface area contributed by atoms with Gasteiger partial charge in [0, 0.05) is 0 Å². The van der Waals surface area contributed by atoms with E-state index in [-0.39, 0.29) is 0 Å². The summed E-state index contributed by atoms with van der Waals surface area (Å²) >= 11 is 13.4. The zero-order valence-electron chi connectivity index (χ0n) is 7.31. The number of halogens is 2. The third-order valence-corrected chi connectivity index (χ3v) is 3.99. The topological polar surface area (TPSA) is 12.0 Å². The van der Waals surface area contributed by atoms with Crippen molar-refractivity contribution in [1.29, 1.82) is 0 Å². The molecule has 1 aromatic heterocycles. The van der Waals surface area contributed by atoms with E-state index in [0.717, 1.165) is 21.1 Å². The average molecular weight is 236 g/mol. The predicted molar refractivity (Wildman–Crippen MR) is 59.1 cm³/mol. The Bertz CT molecular complexity index is 311. The van der Waals surface area contributed by atoms with Crippen molar-refractivity contribution < 1.29 is 0 Å². The van der Waals surface area contributed by atoms with Gasteiger partial charge < -0.3 is 5.32 Å². The van der Waals surface area contributed by atoms with Crippen LogP contribution < -0.4 is 5.32 Å². The summed E-state index contributed by atoms with van der Waals surface area (Å²) in [7, 11) is 1.98. The average Bonchev–Trinajstić information content (AvgIpc) is 2.73. The summed E-state index contributed by atoms with van der Waals surface area (Å²) in [5, 5.41) is 3.18. The van der Waals surface area contributed by atoms with Crippen LogP contribution >= 0.6 is 34.5 Å². The van der Waals surface area contributed by atoms with Crippen LogP contribution in [0.15, 0.2) is 6.07 Å². The van der Waals surface area contributed by atoms with Crippen LogP contribution in [0.1, 0.15) is 17.9 Å². The van der Waals surface area contributed by atoms with Crippen molar-refractivity contribution in [3.05, 3.63) is 20.3 Å². The molecule has 0 radical (unpaired) electrons. The van der Waals surface area contributed by atoms with E-state index >= 15 is 0 Å². The zero-order chi connectivity index (χ0) is 9.42. The van der Waals surface area contributed by atoms with Crippen LogP contribution in [0.2, 0.25) is 8.67 Å². The third kappa shape index (κ3) is 2.01. The predicted octanol–water partition coefficient (Wildman–Crippen LogP) is 3.38. The number of thiophene rings is 1. The molecule has 0 saturated heterocycles. The fourth-order valence-electron chi connectivity index (χ4n) is 1.72. The molecule has 13 heavy (non-hydrogen) atoms. The molecule has 1 saturated carbocycles. The monoisotopic (exact) mass is 235 g/mol. The summed E-state index contributed by atoms with van der Waals surface area (Å²) in [6.07, 6.45) is 1.24. The summed E-state index contributed by atoms with van der Waals surface area (Å²) < 4.78 is 1.67. The molecule has 2 atom stereocenters. The molecule has 2 rings (SSSR count). The molecule has 1 fully saturated rings. The summed E-state index contributed by atoms with van der Waals surface area (Å²) in [5.74, 6) is 1.40. The van der Waals surface area contributed by atoms with Crippen LogP contribution in [-0.4, -0.2) is 13.6 Å². The minimum Gasteiger partial charge on any atom is -0.319 e. The summed E-state index contributed by atoms with van der Waals surface area (Å²) in [5.41, 5.74) is 1.25. The Labute approximate surface area is 92.0 Å². The molecule has 0 aliphatic heterocycles. The van der Waals surface area contributed by atoms with E-state index in [2.05, 4.69) is 5.32 Å². The van der Waals surface area contributed by atoms with Gasteiger partial charge in [-0.1, -0.05) is 23.2 Å². The first-order chi connectivity index (χ1) is 6.22. The Hall–Kier alpha value is 0.240. The zero-order valence-corrected chi connectivity index (χ0v) is 9.64. The van der Waals surface area contributed by atoms with E-state index < -0.39 is 0 Å². The van der Waals surface area contributed by atoms with Gasteiger partial charge in [0.15, 0.2) is 0 Å². The Kier molecular flexibility index (Phi) is 2.84. The molecular weight excluding hydrogens is 225 g/mol. The number of rotatable bonds is 3. The van der Waals surface area contributed by atoms with E-state index in [1.165, 1.54) is 23.3 Å². The van der Waals surface area contributed by atoms with Gasteiger partial charge in [-0.3, -0.25) is 0 Å². The highest BCUT2D eigenvalue weighted by atomic mass is 35.5. The van der Waals surface area contributed by atoms with Gasteiger partial charge in [0.25, 0.3) is 0 Å². The quantitative estimate of drug-likeness (QED) is 0.848. The molecule has 0 bridgehead atoms. The second-order valence-corrected chi connectivity index (χ2v) is 5.73. The summed E-state index contributed by atoms with van der Waals surface area (Å²) in [4.78, 5) is 0. The molecule has 1 aliphatic carbocycles. The van der Waals surface area contributed by atoms with Gasteiger partial charge in [0.05, 0.1) is 8.67 Å². The maximum atomic E-state index is 6.06. The molecule has 4 heteroatoms. The summed E-state index contributed by atoms with van der Waals surface area (Å²) in [6.45, 7) is 1.08. The van der Waals surface area contributed by atoms with Gasteiger partial charge >= 0.3 is 0 Å². The highest BCUT2D eigenvalue weighted by Crippen LogP contribution is 2.51. The van der Waals surface area contributed by atoms with Gasteiger partial charge in [-0.25, -0.2) is 0 Å². The highest BCUT2D eigenvalue weighted by Gasteiger charge is 2.39. The maximum absolute atomic E-state index is 6.06. The first-order valence-corrected chi connectivity index (χ1v) is 5.89. The minimum absolute atomic E-state index is 0.642. The van der Waals surface area contributed by atoms with E-state index in [9.17, 15) is 0 Å². The highest BCUT2D eigenvalue weighted by molar-refractivity contribution is 7.20. The van der Waals surface area contributed by atoms with Gasteiger partial charge in [0.2, 0.25) is 0 Å². The standard InChI is InChI=1S/C9H11Cl2NS/c1-12-4-5-2-6(5)7-3-8(10)13-9(7)11/h3,5-6,12H,2,4H2,1H3. The minimum atomic E-state index is 0.642. The Morgan fingerprint density at radius 2 is 2.38 bits per heavy atom. The van der Waals surface area contributed by atoms with Crippen molar-refractivity contribution in [2.45, 2.75) is 12.3 Å². The fourth-order valence-corrected chi connectivity index (χ4v) is 3.32. The smallest absolute Gasteiger partial charge is 0.0979 e. The fraction of sp³-hybridized carbons (Fsp3) is 0.556. The van der Waals surface area contributed by atoms with Crippen molar-refractivity contribution in [2.75, 3.05) is 13.6 Å². The first kappa shape index (κ1) is 9.78. The van der Waals surface area contributed by atoms with Crippen LogP contribution in [0.3, 0.4) is 0 Å². The Morgan fingerprint density at radius 3 is 2.92 bits per heavy atom. The lowest BCUT2D eigenvalue weighted by Crippen LogP contribution is -2.10. The van der Waals surface area contributed by atoms with Gasteiger partial charge in [0.1, 0.15) is 0 Å². The van der Waals surface area contributed by atoms with Crippen molar-refractivity contribution >= 4 is 34.5 Å². The van der Waals surface area contributed by atoms with Crippen molar-refractivity contribution in [3.63, 3.8) is 0 Å². The van der Waals surface area contributed by atoms with Gasteiger partial charge in [-0.05, 0) is 43.5 Å². The third-order valence-electron chi connectivity index (χ3n) is 2.47. The molecule has 0 spiro atoms. The lowest BCUT2D eigenvalue weighted by Gasteiger charge is -1.96. The van der Waals surface area contributed by atoms with E-state index in [0.29, 0.717) is 5.92 Å². The molecule has 0 amide bonds. The van der Waals surface area contributed by atoms with Crippen molar-refractivity contribution in [2.24, 2.45) is 5.92 Å². The Balaban J connectivity index is 2.07. The second-order valence-electron chi connectivity index (χ2n) is 3.44. The SMILES string of the molecule is CNCC1CC1c1cc(Cl)sc1Cl. The van der Waals surface area contributed by atoms with Crippen LogP contribution in [0.25, 0.3) is 0 Å². The first-order valence-electron chi connectivity index (χ1n) is 4.31. The molecule has 2 unspecified atom stereocenters. The van der Waals surface area contributed by atoms with E-state index in [1.807, 2.05) is 13.1 Å². The van der Waals surface area contributed by atoms with Crippen LogP contribution in [-0.2, 0) is 0 Å². The summed E-state index contributed by atoms with van der Waals surface area (Å²) in [6, 6.07) is 2.01. The largest absolute Gasteiger partial charge is 0.319 e. The number of hydrogen-bond acceptors (Lipinski definition) is 2. The van der Waals surface area contributed by atoms with Gasteiger partial charge in [-0.15, -0.1) is 11.3 Å². The lowest BCUT2D eigenvalue weighted by molar-refractivity contribution is 0.699. The lowest BCUT2D eigenvalue weighted by atomic mass is 10.2. The van der Waals surface area contributed by atoms with Crippen molar-refractivity contribution in [1.82, 2.24) is 5.32 Å². The van der Waals surface area contributed by atoms with E-state index in [1.54, 1.807) is 0 Å². The van der Waals surface area contributed by atoms with E-state index in [4.69, 9.17) is 23.2 Å². The van der Waals surface area contributed by atoms with Crippen molar-refractivity contribution in [3.8, 4) is 0 Å². The molecule has 72 valence electrons. The molecular formula is C9H11Cl2NS. The molecule has 1 aromatic rings. The second kappa shape index (κ2) is 3.77. The van der Waals surface area contributed by atoms with Crippen LogP contribution in [0.5, 0.6) is 0 Å². The molecule has 1 heterocycles. The van der Waals surface area contributed by atoms with Crippen LogP contribution in [0, 0.1) is 5.92 Å². The molecule has 1 aliphatic rings. The molecule has 0 aromatic carbocycles. The Morgan fingerprint density at radius 1 is 1.62 bits per heavy atom. The normalized spacial score (nSPS) is 26.4. The maximum Gasteiger partial charge on any atom is 0.0979 e. The van der Waals surface area contributed by atoms with Crippen LogP contribution in [0.4, 0.5) is 0 Å². The molecule has 1 nitrogen and oxygen atoms in total. The number of hydrogen-bond donors (Lipinski definition) is 1. The number of nitrogens with one attached hydrogen (secondary N) is 1. The molecule has 1 N–H and O–H groups in total.